The summed E-state index contributed by atoms with van der Waals surface area (Å²) in [6, 6.07) is 2.36. The van der Waals surface area contributed by atoms with Crippen LogP contribution in [0.4, 0.5) is 5.82 Å². The molecule has 0 aliphatic carbocycles. The lowest BCUT2D eigenvalue weighted by molar-refractivity contribution is 0.184. The molecule has 0 fully saturated rings. The predicted octanol–water partition coefficient (Wildman–Crippen LogP) is 3.74. The molecule has 2 aromatic rings. The van der Waals surface area contributed by atoms with Crippen LogP contribution >= 0.6 is 22.9 Å². The van der Waals surface area contributed by atoms with Gasteiger partial charge in [0.15, 0.2) is 0 Å². The van der Waals surface area contributed by atoms with Crippen molar-refractivity contribution in [1.29, 1.82) is 0 Å². The van der Waals surface area contributed by atoms with E-state index in [2.05, 4.69) is 35.2 Å². The molecule has 2 heterocycles. The van der Waals surface area contributed by atoms with Crippen molar-refractivity contribution < 1.29 is 4.74 Å². The molecule has 0 aromatic carbocycles. The number of aromatic nitrogens is 2. The number of ether oxygens (including phenoxy) is 1. The third-order valence-corrected chi connectivity index (χ3v) is 4.31. The Balaban J connectivity index is 2.37. The van der Waals surface area contributed by atoms with E-state index in [9.17, 15) is 0 Å². The van der Waals surface area contributed by atoms with Crippen LogP contribution in [0.2, 0.25) is 5.28 Å². The molecule has 0 bridgehead atoms. The van der Waals surface area contributed by atoms with E-state index in [1.807, 2.05) is 0 Å². The topological polar surface area (TPSA) is 47.0 Å². The Morgan fingerprint density at radius 2 is 2.21 bits per heavy atom. The van der Waals surface area contributed by atoms with Gasteiger partial charge in [0.1, 0.15) is 10.6 Å². The van der Waals surface area contributed by atoms with Gasteiger partial charge in [0.2, 0.25) is 5.28 Å². The number of aryl methyl sites for hydroxylation is 1. The highest BCUT2D eigenvalue weighted by atomic mass is 35.5. The van der Waals surface area contributed by atoms with Gasteiger partial charge in [0.25, 0.3) is 0 Å². The van der Waals surface area contributed by atoms with Crippen molar-refractivity contribution >= 4 is 39.0 Å². The van der Waals surface area contributed by atoms with Gasteiger partial charge in [0, 0.05) is 12.0 Å². The number of nitrogens with one attached hydrogen (secondary N) is 1. The van der Waals surface area contributed by atoms with Gasteiger partial charge >= 0.3 is 0 Å². The minimum absolute atomic E-state index is 0.226. The molecule has 4 nitrogen and oxygen atoms in total. The Hall–Kier alpha value is -0.910. The van der Waals surface area contributed by atoms with Crippen molar-refractivity contribution in [3.8, 4) is 0 Å². The van der Waals surface area contributed by atoms with Crippen LogP contribution in [0.15, 0.2) is 6.07 Å². The molecule has 0 saturated carbocycles. The van der Waals surface area contributed by atoms with Gasteiger partial charge in [-0.15, -0.1) is 11.3 Å². The van der Waals surface area contributed by atoms with Crippen molar-refractivity contribution in [2.24, 2.45) is 0 Å². The second-order valence-electron chi connectivity index (χ2n) is 4.33. The molecule has 1 unspecified atom stereocenters. The highest BCUT2D eigenvalue weighted by Crippen LogP contribution is 2.30. The summed E-state index contributed by atoms with van der Waals surface area (Å²) in [6.45, 7) is 4.89. The summed E-state index contributed by atoms with van der Waals surface area (Å²) in [5.74, 6) is 0.801. The van der Waals surface area contributed by atoms with Crippen molar-refractivity contribution in [2.45, 2.75) is 32.7 Å². The lowest BCUT2D eigenvalue weighted by Crippen LogP contribution is -2.24. The van der Waals surface area contributed by atoms with Gasteiger partial charge in [-0.3, -0.25) is 0 Å². The minimum Gasteiger partial charge on any atom is -0.383 e. The first-order valence-corrected chi connectivity index (χ1v) is 7.58. The lowest BCUT2D eigenvalue weighted by Gasteiger charge is -2.17. The van der Waals surface area contributed by atoms with Gasteiger partial charge in [0.05, 0.1) is 18.0 Å². The van der Waals surface area contributed by atoms with E-state index in [1.54, 1.807) is 18.4 Å². The molecule has 1 atom stereocenters. The second kappa shape index (κ2) is 6.50. The third-order valence-electron chi connectivity index (χ3n) is 2.97. The molecule has 0 saturated heterocycles. The molecule has 2 rings (SSSR count). The van der Waals surface area contributed by atoms with Crippen molar-refractivity contribution in [1.82, 2.24) is 9.97 Å². The van der Waals surface area contributed by atoms with Crippen LogP contribution in [0.25, 0.3) is 10.2 Å². The minimum atomic E-state index is 0.226. The van der Waals surface area contributed by atoms with Gasteiger partial charge in [-0.05, 0) is 30.5 Å². The van der Waals surface area contributed by atoms with Crippen molar-refractivity contribution in [2.75, 3.05) is 19.0 Å². The SMILES string of the molecule is CCc1cc2c(NC(CC)COC)nc(Cl)nc2s1. The fourth-order valence-electron chi connectivity index (χ4n) is 1.89. The molecule has 0 radical (unpaired) electrons. The largest absolute Gasteiger partial charge is 0.383 e. The molecular weight excluding hydrogens is 282 g/mol. The highest BCUT2D eigenvalue weighted by molar-refractivity contribution is 7.18. The number of fused-ring (bicyclic) bond motifs is 1. The first-order valence-electron chi connectivity index (χ1n) is 6.39. The number of nitrogens with zero attached hydrogens (tertiary/aromatic N) is 2. The van der Waals surface area contributed by atoms with Gasteiger partial charge in [-0.2, -0.15) is 0 Å². The molecule has 6 heteroatoms. The summed E-state index contributed by atoms with van der Waals surface area (Å²) < 4.78 is 5.20. The zero-order valence-corrected chi connectivity index (χ0v) is 12.9. The van der Waals surface area contributed by atoms with Gasteiger partial charge in [-0.25, -0.2) is 9.97 Å². The maximum absolute atomic E-state index is 5.99. The second-order valence-corrected chi connectivity index (χ2v) is 5.78. The number of halogens is 1. The van der Waals surface area contributed by atoms with E-state index in [0.717, 1.165) is 28.9 Å². The van der Waals surface area contributed by atoms with Crippen molar-refractivity contribution in [3.63, 3.8) is 0 Å². The first-order chi connectivity index (χ1) is 9.17. The first kappa shape index (κ1) is 14.5. The monoisotopic (exact) mass is 299 g/mol. The lowest BCUT2D eigenvalue weighted by atomic mass is 10.2. The summed E-state index contributed by atoms with van der Waals surface area (Å²) in [7, 11) is 1.70. The van der Waals surface area contributed by atoms with E-state index in [4.69, 9.17) is 16.3 Å². The number of methoxy groups -OCH3 is 1. The average Bonchev–Trinajstić information content (AvgIpc) is 2.81. The summed E-state index contributed by atoms with van der Waals surface area (Å²) in [5, 5.41) is 4.72. The third kappa shape index (κ3) is 3.35. The molecule has 0 spiro atoms. The van der Waals surface area contributed by atoms with Crippen LogP contribution in [-0.2, 0) is 11.2 Å². The van der Waals surface area contributed by atoms with Crippen molar-refractivity contribution in [3.05, 3.63) is 16.2 Å². The number of anilines is 1. The Kier molecular flexibility index (Phi) is 4.96. The maximum atomic E-state index is 5.99. The Morgan fingerprint density at radius 1 is 1.42 bits per heavy atom. The fraction of sp³-hybridized carbons (Fsp3) is 0.538. The summed E-state index contributed by atoms with van der Waals surface area (Å²) in [4.78, 5) is 10.8. The van der Waals surface area contributed by atoms with Gasteiger partial charge < -0.3 is 10.1 Å². The van der Waals surface area contributed by atoms with Crippen LogP contribution in [0.3, 0.4) is 0 Å². The number of hydrogen-bond donors (Lipinski definition) is 1. The summed E-state index contributed by atoms with van der Waals surface area (Å²) in [6.07, 6.45) is 1.95. The average molecular weight is 300 g/mol. The Labute approximate surface area is 122 Å². The number of rotatable bonds is 6. The summed E-state index contributed by atoms with van der Waals surface area (Å²) >= 11 is 7.66. The van der Waals surface area contributed by atoms with Crippen LogP contribution < -0.4 is 5.32 Å². The fourth-order valence-corrected chi connectivity index (χ4v) is 3.07. The van der Waals surface area contributed by atoms with Crippen LogP contribution in [0, 0.1) is 0 Å². The predicted molar refractivity (Wildman–Crippen MR) is 81.4 cm³/mol. The zero-order valence-electron chi connectivity index (χ0n) is 11.4. The maximum Gasteiger partial charge on any atom is 0.225 e. The summed E-state index contributed by atoms with van der Waals surface area (Å²) in [5.41, 5.74) is 0. The normalized spacial score (nSPS) is 12.8. The molecule has 1 N–H and O–H groups in total. The molecule has 104 valence electrons. The quantitative estimate of drug-likeness (QED) is 0.825. The van der Waals surface area contributed by atoms with E-state index in [1.165, 1.54) is 4.88 Å². The van der Waals surface area contributed by atoms with Crippen LogP contribution in [0.1, 0.15) is 25.1 Å². The Bertz CT molecular complexity index is 558. The molecule has 2 aromatic heterocycles. The molecular formula is C13H18ClN3OS. The standard InChI is InChI=1S/C13H18ClN3OS/c1-4-8(7-18-3)15-11-10-6-9(5-2)19-12(10)17-13(14)16-11/h6,8H,4-5,7H2,1-3H3,(H,15,16,17). The zero-order chi connectivity index (χ0) is 13.8. The smallest absolute Gasteiger partial charge is 0.225 e. The van der Waals surface area contributed by atoms with E-state index in [-0.39, 0.29) is 11.3 Å². The molecule has 19 heavy (non-hydrogen) atoms. The van der Waals surface area contributed by atoms with Gasteiger partial charge in [-0.1, -0.05) is 13.8 Å². The van der Waals surface area contributed by atoms with Crippen LogP contribution in [0.5, 0.6) is 0 Å². The number of hydrogen-bond acceptors (Lipinski definition) is 5. The van der Waals surface area contributed by atoms with E-state index >= 15 is 0 Å². The Morgan fingerprint density at radius 3 is 2.84 bits per heavy atom. The van der Waals surface area contributed by atoms with Crippen LogP contribution in [-0.4, -0.2) is 29.7 Å². The highest BCUT2D eigenvalue weighted by Gasteiger charge is 2.13. The van der Waals surface area contributed by atoms with E-state index in [0.29, 0.717) is 6.61 Å². The molecule has 0 amide bonds. The van der Waals surface area contributed by atoms with E-state index < -0.39 is 0 Å². The number of thiophene rings is 1. The molecule has 0 aliphatic rings. The molecule has 0 aliphatic heterocycles.